The van der Waals surface area contributed by atoms with Crippen molar-refractivity contribution in [1.82, 2.24) is 0 Å². The molecule has 0 saturated carbocycles. The minimum Gasteiger partial charge on any atom is -0.0839 e. The van der Waals surface area contributed by atoms with Gasteiger partial charge in [0.05, 0.1) is 5.41 Å². The van der Waals surface area contributed by atoms with E-state index in [0.29, 0.717) is 11.8 Å². The van der Waals surface area contributed by atoms with Gasteiger partial charge in [-0.25, -0.2) is 0 Å². The van der Waals surface area contributed by atoms with Gasteiger partial charge in [0.25, 0.3) is 0 Å². The van der Waals surface area contributed by atoms with E-state index in [4.69, 9.17) is 0 Å². The van der Waals surface area contributed by atoms with Gasteiger partial charge in [0.15, 0.2) is 0 Å². The lowest BCUT2D eigenvalue weighted by Crippen LogP contribution is -2.32. The molecule has 1 aromatic rings. The van der Waals surface area contributed by atoms with Crippen LogP contribution in [-0.4, -0.2) is 0 Å². The highest BCUT2D eigenvalue weighted by atomic mass is 14.6. The minimum absolute atomic E-state index is 0.0982. The first-order valence-electron chi connectivity index (χ1n) is 16.6. The lowest BCUT2D eigenvalue weighted by molar-refractivity contribution is 0.268. The molecule has 1 aromatic carbocycles. The Labute approximate surface area is 253 Å². The van der Waals surface area contributed by atoms with Gasteiger partial charge in [-0.05, 0) is 136 Å². The van der Waals surface area contributed by atoms with E-state index in [-0.39, 0.29) is 10.8 Å². The standard InChI is InChI=1S/C42H44/c1-28-14-4-9-19-35(28)41(2,3)36-20-10-5-15-30(36)26-29-24-25-34-33-18-8-13-23-39(33)42(40(34)27-29)37-21-11-6-16-31(37)32-17-7-12-22-38(32)42/h4,9,11-15,19-25,27-28,35H,5-8,10,16-18,26H2,1-3H3. The van der Waals surface area contributed by atoms with Crippen molar-refractivity contribution in [3.8, 4) is 0 Å². The highest BCUT2D eigenvalue weighted by Crippen LogP contribution is 2.64. The zero-order chi connectivity index (χ0) is 28.5. The molecule has 7 aliphatic rings. The third-order valence-electron chi connectivity index (χ3n) is 11.5. The Bertz CT molecular complexity index is 1640. The second-order valence-corrected chi connectivity index (χ2v) is 14.1. The van der Waals surface area contributed by atoms with Gasteiger partial charge in [0.1, 0.15) is 0 Å². The summed E-state index contributed by atoms with van der Waals surface area (Å²) in [6, 6.07) is 7.60. The molecule has 0 aliphatic heterocycles. The van der Waals surface area contributed by atoms with Gasteiger partial charge < -0.3 is 0 Å². The van der Waals surface area contributed by atoms with Crippen LogP contribution in [0.2, 0.25) is 0 Å². The van der Waals surface area contributed by atoms with Gasteiger partial charge in [-0.3, -0.25) is 0 Å². The molecular weight excluding hydrogens is 504 g/mol. The van der Waals surface area contributed by atoms with Crippen LogP contribution in [0, 0.1) is 17.3 Å². The van der Waals surface area contributed by atoms with E-state index < -0.39 is 0 Å². The van der Waals surface area contributed by atoms with Crippen LogP contribution in [0.5, 0.6) is 0 Å². The van der Waals surface area contributed by atoms with Gasteiger partial charge in [0, 0.05) is 0 Å². The molecule has 7 aliphatic carbocycles. The smallest absolute Gasteiger partial charge is 0.0715 e. The Kier molecular flexibility index (Phi) is 6.15. The molecule has 0 heteroatoms. The summed E-state index contributed by atoms with van der Waals surface area (Å²) in [5.41, 5.74) is 17.3. The molecule has 0 aromatic heterocycles. The molecule has 42 heavy (non-hydrogen) atoms. The summed E-state index contributed by atoms with van der Waals surface area (Å²) in [5.74, 6) is 1.07. The molecule has 0 nitrogen and oxygen atoms in total. The first kappa shape index (κ1) is 26.3. The summed E-state index contributed by atoms with van der Waals surface area (Å²) in [4.78, 5) is 0. The molecular formula is C42H44. The van der Waals surface area contributed by atoms with Crippen LogP contribution in [0.1, 0.15) is 88.8 Å². The third-order valence-corrected chi connectivity index (χ3v) is 11.5. The molecule has 0 N–H and O–H groups in total. The fourth-order valence-electron chi connectivity index (χ4n) is 9.68. The van der Waals surface area contributed by atoms with E-state index in [1.54, 1.807) is 50.1 Å². The maximum absolute atomic E-state index is 2.64. The summed E-state index contributed by atoms with van der Waals surface area (Å²) in [6.45, 7) is 7.35. The second-order valence-electron chi connectivity index (χ2n) is 14.1. The molecule has 2 atom stereocenters. The largest absolute Gasteiger partial charge is 0.0839 e. The quantitative estimate of drug-likeness (QED) is 0.351. The van der Waals surface area contributed by atoms with Crippen LogP contribution < -0.4 is 0 Å². The fraction of sp³-hybridized carbons (Fsp3) is 0.381. The van der Waals surface area contributed by atoms with E-state index in [1.165, 1.54) is 36.8 Å². The Morgan fingerprint density at radius 3 is 2.05 bits per heavy atom. The summed E-state index contributed by atoms with van der Waals surface area (Å²) in [5, 5.41) is 0. The van der Waals surface area contributed by atoms with Gasteiger partial charge in [0.2, 0.25) is 0 Å². The Hall–Kier alpha value is -3.38. The summed E-state index contributed by atoms with van der Waals surface area (Å²) >= 11 is 0. The Morgan fingerprint density at radius 2 is 1.36 bits per heavy atom. The van der Waals surface area contributed by atoms with E-state index in [0.717, 1.165) is 32.1 Å². The van der Waals surface area contributed by atoms with Crippen molar-refractivity contribution in [2.75, 3.05) is 0 Å². The van der Waals surface area contributed by atoms with E-state index in [1.807, 2.05) is 0 Å². The Balaban J connectivity index is 1.23. The van der Waals surface area contributed by atoms with Crippen LogP contribution in [0.4, 0.5) is 0 Å². The van der Waals surface area contributed by atoms with Crippen LogP contribution in [0.25, 0.3) is 5.57 Å². The number of hydrogen-bond donors (Lipinski definition) is 0. The van der Waals surface area contributed by atoms with Crippen molar-refractivity contribution < 1.29 is 0 Å². The molecule has 2 unspecified atom stereocenters. The zero-order valence-corrected chi connectivity index (χ0v) is 25.7. The van der Waals surface area contributed by atoms with Crippen molar-refractivity contribution in [2.45, 2.75) is 84.0 Å². The summed E-state index contributed by atoms with van der Waals surface area (Å²) in [6.07, 6.45) is 39.7. The predicted molar refractivity (Wildman–Crippen MR) is 178 cm³/mol. The van der Waals surface area contributed by atoms with Crippen LogP contribution in [0.3, 0.4) is 0 Å². The number of hydrogen-bond acceptors (Lipinski definition) is 0. The SMILES string of the molecule is CC1C=CC=CC1C(C)(C)C1=CCCC=C1Cc1ccc2c(c1)C1(C3=C(CCC=C3)C3=C1C=CCC3)C1=C2CCC=C1. The summed E-state index contributed by atoms with van der Waals surface area (Å²) in [7, 11) is 0. The normalized spacial score (nSPS) is 26.9. The van der Waals surface area contributed by atoms with Crippen molar-refractivity contribution in [3.63, 3.8) is 0 Å². The number of benzene rings is 1. The van der Waals surface area contributed by atoms with E-state index in [2.05, 4.69) is 112 Å². The molecule has 8 rings (SSSR count). The molecule has 0 fully saturated rings. The highest BCUT2D eigenvalue weighted by Gasteiger charge is 2.54. The van der Waals surface area contributed by atoms with Gasteiger partial charge in [-0.15, -0.1) is 0 Å². The topological polar surface area (TPSA) is 0 Å². The van der Waals surface area contributed by atoms with Crippen molar-refractivity contribution >= 4 is 5.57 Å². The second kappa shape index (κ2) is 9.84. The van der Waals surface area contributed by atoms with Crippen molar-refractivity contribution in [1.29, 1.82) is 0 Å². The monoisotopic (exact) mass is 548 g/mol. The molecule has 0 heterocycles. The first-order chi connectivity index (χ1) is 20.5. The molecule has 0 radical (unpaired) electrons. The predicted octanol–water partition coefficient (Wildman–Crippen LogP) is 10.9. The maximum Gasteiger partial charge on any atom is 0.0715 e. The average Bonchev–Trinajstić information content (AvgIpc) is 3.49. The molecule has 212 valence electrons. The summed E-state index contributed by atoms with van der Waals surface area (Å²) < 4.78 is 0. The van der Waals surface area contributed by atoms with Crippen LogP contribution in [0.15, 0.2) is 130 Å². The number of rotatable bonds is 4. The van der Waals surface area contributed by atoms with Gasteiger partial charge in [-0.1, -0.05) is 112 Å². The minimum atomic E-state index is -0.121. The molecule has 0 saturated heterocycles. The van der Waals surface area contributed by atoms with Gasteiger partial charge >= 0.3 is 0 Å². The lowest BCUT2D eigenvalue weighted by Gasteiger charge is -2.41. The van der Waals surface area contributed by atoms with Gasteiger partial charge in [-0.2, -0.15) is 0 Å². The first-order valence-corrected chi connectivity index (χ1v) is 16.6. The molecule has 0 bridgehead atoms. The third kappa shape index (κ3) is 3.66. The maximum atomic E-state index is 2.64. The molecule has 1 spiro atoms. The van der Waals surface area contributed by atoms with Crippen molar-refractivity contribution in [3.05, 3.63) is 147 Å². The number of allylic oxidation sites excluding steroid dienone is 20. The average molecular weight is 549 g/mol. The zero-order valence-electron chi connectivity index (χ0n) is 25.7. The van der Waals surface area contributed by atoms with Crippen LogP contribution >= 0.6 is 0 Å². The van der Waals surface area contributed by atoms with Crippen LogP contribution in [-0.2, 0) is 11.8 Å². The number of fused-ring (bicyclic) bond motifs is 7. The van der Waals surface area contributed by atoms with E-state index in [9.17, 15) is 0 Å². The van der Waals surface area contributed by atoms with E-state index >= 15 is 0 Å². The highest BCUT2D eigenvalue weighted by molar-refractivity contribution is 5.92. The molecule has 0 amide bonds. The van der Waals surface area contributed by atoms with Crippen molar-refractivity contribution in [2.24, 2.45) is 17.3 Å². The lowest BCUT2D eigenvalue weighted by atomic mass is 9.63. The Morgan fingerprint density at radius 1 is 0.738 bits per heavy atom. The fourth-order valence-corrected chi connectivity index (χ4v) is 9.68.